The van der Waals surface area contributed by atoms with Gasteiger partial charge in [-0.15, -0.1) is 0 Å². The van der Waals surface area contributed by atoms with Gasteiger partial charge in [-0.2, -0.15) is 0 Å². The van der Waals surface area contributed by atoms with Crippen LogP contribution in [-0.2, 0) is 22.7 Å². The molecule has 0 saturated heterocycles. The van der Waals surface area contributed by atoms with E-state index in [0.717, 1.165) is 17.0 Å². The first kappa shape index (κ1) is 10.8. The number of aryl methyl sites for hydroxylation is 2. The van der Waals surface area contributed by atoms with Crippen LogP contribution in [0.4, 0.5) is 0 Å². The maximum Gasteiger partial charge on any atom is 0.222 e. The average molecular weight is 247 g/mol. The molecule has 1 aliphatic rings. The highest BCUT2D eigenvalue weighted by Crippen LogP contribution is 2.19. The molecule has 1 aromatic heterocycles. The van der Waals surface area contributed by atoms with Crippen LogP contribution in [0, 0.1) is 6.92 Å². The van der Waals surface area contributed by atoms with Crippen LogP contribution in [0.15, 0.2) is 0 Å². The molecule has 0 saturated carbocycles. The maximum atomic E-state index is 11.5. The molecular formula is C9H11ClN2O2S. The number of nitrogens with zero attached hydrogens (tertiary/aromatic N) is 2. The summed E-state index contributed by atoms with van der Waals surface area (Å²) in [7, 11) is -2.93. The Kier molecular flexibility index (Phi) is 2.68. The maximum absolute atomic E-state index is 11.5. The van der Waals surface area contributed by atoms with Crippen LogP contribution in [0.1, 0.15) is 17.0 Å². The fraction of sp³-hybridized carbons (Fsp3) is 0.556. The number of halogens is 1. The van der Waals surface area contributed by atoms with Crippen molar-refractivity contribution in [3.05, 3.63) is 22.2 Å². The summed E-state index contributed by atoms with van der Waals surface area (Å²) >= 11 is 5.73. The molecule has 0 N–H and O–H groups in total. The number of hydrogen-bond donors (Lipinski definition) is 0. The topological polar surface area (TPSA) is 59.9 Å². The molecule has 82 valence electrons. The van der Waals surface area contributed by atoms with Crippen molar-refractivity contribution < 1.29 is 8.42 Å². The zero-order valence-corrected chi connectivity index (χ0v) is 9.90. The van der Waals surface area contributed by atoms with E-state index in [0.29, 0.717) is 12.8 Å². The molecule has 0 aliphatic carbocycles. The first-order valence-corrected chi connectivity index (χ1v) is 6.90. The first-order chi connectivity index (χ1) is 6.98. The van der Waals surface area contributed by atoms with Gasteiger partial charge < -0.3 is 0 Å². The quantitative estimate of drug-likeness (QED) is 0.640. The smallest absolute Gasteiger partial charge is 0.222 e. The van der Waals surface area contributed by atoms with Crippen molar-refractivity contribution in [1.29, 1.82) is 0 Å². The minimum absolute atomic E-state index is 0.160. The lowest BCUT2D eigenvalue weighted by Gasteiger charge is -2.06. The van der Waals surface area contributed by atoms with Crippen LogP contribution in [-0.4, -0.2) is 29.9 Å². The highest BCUT2D eigenvalue weighted by atomic mass is 35.5. The Labute approximate surface area is 93.6 Å². The Morgan fingerprint density at radius 3 is 2.60 bits per heavy atom. The summed E-state index contributed by atoms with van der Waals surface area (Å²) in [4.78, 5) is 8.13. The molecule has 1 aromatic rings. The standard InChI is InChI=1S/C9H11ClN2O2S/c1-6-7-2-4-15(13,14)5-3-8(7)12-9(10)11-6/h2-5H2,1H3. The molecule has 0 atom stereocenters. The molecule has 2 heterocycles. The Morgan fingerprint density at radius 2 is 1.87 bits per heavy atom. The highest BCUT2D eigenvalue weighted by Gasteiger charge is 2.21. The largest absolute Gasteiger partial charge is 0.229 e. The van der Waals surface area contributed by atoms with Crippen molar-refractivity contribution in [1.82, 2.24) is 9.97 Å². The highest BCUT2D eigenvalue weighted by molar-refractivity contribution is 7.91. The molecular weight excluding hydrogens is 236 g/mol. The van der Waals surface area contributed by atoms with Crippen molar-refractivity contribution in [3.8, 4) is 0 Å². The zero-order valence-electron chi connectivity index (χ0n) is 8.33. The average Bonchev–Trinajstić information content (AvgIpc) is 2.26. The Morgan fingerprint density at radius 1 is 1.20 bits per heavy atom. The fourth-order valence-electron chi connectivity index (χ4n) is 1.76. The molecule has 0 radical (unpaired) electrons. The van der Waals surface area contributed by atoms with Gasteiger partial charge in [0.25, 0.3) is 0 Å². The van der Waals surface area contributed by atoms with Crippen molar-refractivity contribution in [3.63, 3.8) is 0 Å². The van der Waals surface area contributed by atoms with Crippen LogP contribution < -0.4 is 0 Å². The fourth-order valence-corrected chi connectivity index (χ4v) is 3.21. The number of fused-ring (bicyclic) bond motifs is 1. The van der Waals surface area contributed by atoms with Crippen LogP contribution in [0.2, 0.25) is 5.28 Å². The lowest BCUT2D eigenvalue weighted by molar-refractivity contribution is 0.596. The van der Waals surface area contributed by atoms with Crippen LogP contribution in [0.5, 0.6) is 0 Å². The molecule has 0 aromatic carbocycles. The lowest BCUT2D eigenvalue weighted by atomic mass is 10.1. The van der Waals surface area contributed by atoms with Crippen LogP contribution >= 0.6 is 11.6 Å². The number of hydrogen-bond acceptors (Lipinski definition) is 4. The molecule has 0 amide bonds. The zero-order chi connectivity index (χ0) is 11.1. The van der Waals surface area contributed by atoms with Crippen molar-refractivity contribution in [2.75, 3.05) is 11.5 Å². The molecule has 6 heteroatoms. The van der Waals surface area contributed by atoms with Gasteiger partial charge in [0.15, 0.2) is 9.84 Å². The number of sulfone groups is 1. The van der Waals surface area contributed by atoms with Gasteiger partial charge in [0.05, 0.1) is 11.5 Å². The predicted molar refractivity (Wildman–Crippen MR) is 57.8 cm³/mol. The monoisotopic (exact) mass is 246 g/mol. The van der Waals surface area contributed by atoms with E-state index in [1.54, 1.807) is 0 Å². The normalized spacial score (nSPS) is 19.3. The van der Waals surface area contributed by atoms with Gasteiger partial charge in [-0.25, -0.2) is 18.4 Å². The van der Waals surface area contributed by atoms with Gasteiger partial charge in [0.1, 0.15) is 0 Å². The molecule has 0 bridgehead atoms. The van der Waals surface area contributed by atoms with Gasteiger partial charge in [0.2, 0.25) is 5.28 Å². The first-order valence-electron chi connectivity index (χ1n) is 4.70. The molecule has 0 spiro atoms. The summed E-state index contributed by atoms with van der Waals surface area (Å²) in [6, 6.07) is 0. The van der Waals surface area contributed by atoms with Gasteiger partial charge in [-0.3, -0.25) is 0 Å². The van der Waals surface area contributed by atoms with E-state index in [2.05, 4.69) is 9.97 Å². The van der Waals surface area contributed by atoms with Gasteiger partial charge in [-0.1, -0.05) is 0 Å². The predicted octanol–water partition coefficient (Wildman–Crippen LogP) is 0.952. The third-order valence-corrected chi connectivity index (χ3v) is 4.41. The Hall–Kier alpha value is -0.680. The number of rotatable bonds is 0. The summed E-state index contributed by atoms with van der Waals surface area (Å²) in [5.74, 6) is 0.346. The van der Waals surface area contributed by atoms with E-state index in [1.807, 2.05) is 6.92 Å². The van der Waals surface area contributed by atoms with Crippen molar-refractivity contribution in [2.45, 2.75) is 19.8 Å². The summed E-state index contributed by atoms with van der Waals surface area (Å²) < 4.78 is 22.9. The molecule has 0 unspecified atom stereocenters. The van der Waals surface area contributed by atoms with E-state index in [4.69, 9.17) is 11.6 Å². The minimum atomic E-state index is -2.93. The van der Waals surface area contributed by atoms with E-state index in [-0.39, 0.29) is 16.8 Å². The third-order valence-electron chi connectivity index (χ3n) is 2.59. The summed E-state index contributed by atoms with van der Waals surface area (Å²) in [6.45, 7) is 1.84. The second-order valence-electron chi connectivity index (χ2n) is 3.66. The molecule has 4 nitrogen and oxygen atoms in total. The second-order valence-corrected chi connectivity index (χ2v) is 6.30. The van der Waals surface area contributed by atoms with Gasteiger partial charge >= 0.3 is 0 Å². The van der Waals surface area contributed by atoms with E-state index in [9.17, 15) is 8.42 Å². The second kappa shape index (κ2) is 3.72. The lowest BCUT2D eigenvalue weighted by Crippen LogP contribution is -2.10. The van der Waals surface area contributed by atoms with E-state index < -0.39 is 9.84 Å². The van der Waals surface area contributed by atoms with Gasteiger partial charge in [0, 0.05) is 17.8 Å². The molecule has 0 fully saturated rings. The SMILES string of the molecule is Cc1nc(Cl)nc2c1CCS(=O)(=O)CC2. The van der Waals surface area contributed by atoms with Crippen molar-refractivity contribution in [2.24, 2.45) is 0 Å². The summed E-state index contributed by atoms with van der Waals surface area (Å²) in [5.41, 5.74) is 2.52. The Balaban J connectivity index is 2.48. The van der Waals surface area contributed by atoms with Crippen LogP contribution in [0.25, 0.3) is 0 Å². The Bertz CT molecular complexity index is 499. The van der Waals surface area contributed by atoms with Crippen LogP contribution in [0.3, 0.4) is 0 Å². The molecule has 1 aliphatic heterocycles. The van der Waals surface area contributed by atoms with Crippen molar-refractivity contribution >= 4 is 21.4 Å². The van der Waals surface area contributed by atoms with Gasteiger partial charge in [-0.05, 0) is 30.5 Å². The molecule has 2 rings (SSSR count). The molecule has 15 heavy (non-hydrogen) atoms. The van der Waals surface area contributed by atoms with E-state index in [1.165, 1.54) is 0 Å². The number of aromatic nitrogens is 2. The minimum Gasteiger partial charge on any atom is -0.229 e. The summed E-state index contributed by atoms with van der Waals surface area (Å²) in [6.07, 6.45) is 0.946. The van der Waals surface area contributed by atoms with E-state index >= 15 is 0 Å². The summed E-state index contributed by atoms with van der Waals surface area (Å²) in [5, 5.41) is 0.200. The third kappa shape index (κ3) is 2.29.